The Labute approximate surface area is 515 Å². The number of hydrogen-bond acceptors (Lipinski definition) is 6. The summed E-state index contributed by atoms with van der Waals surface area (Å²) in [6.07, 6.45) is 8.00. The minimum atomic E-state index is -0.147. The van der Waals surface area contributed by atoms with Gasteiger partial charge in [-0.2, -0.15) is 0 Å². The highest BCUT2D eigenvalue weighted by Crippen LogP contribution is 2.52. The van der Waals surface area contributed by atoms with Crippen molar-refractivity contribution in [1.29, 1.82) is 0 Å². The first-order chi connectivity index (χ1) is 43.7. The Bertz CT molecular complexity index is 4360. The summed E-state index contributed by atoms with van der Waals surface area (Å²) in [7, 11) is 0. The predicted molar refractivity (Wildman–Crippen MR) is 374 cm³/mol. The molecule has 0 unspecified atom stereocenters. The van der Waals surface area contributed by atoms with E-state index in [-0.39, 0.29) is 13.4 Å². The third kappa shape index (κ3) is 8.39. The number of terminal acetylenes is 1. The van der Waals surface area contributed by atoms with Gasteiger partial charge in [-0.3, -0.25) is 0 Å². The van der Waals surface area contributed by atoms with Crippen molar-refractivity contribution < 1.29 is 0 Å². The smallest absolute Gasteiger partial charge is 0.252 e. The molecular weight excluding hydrogens is 1070 g/mol. The van der Waals surface area contributed by atoms with Crippen LogP contribution in [0.3, 0.4) is 0 Å². The van der Waals surface area contributed by atoms with Crippen LogP contribution in [0, 0.1) is 12.8 Å². The molecule has 0 bridgehead atoms. The van der Waals surface area contributed by atoms with Crippen LogP contribution in [0.5, 0.6) is 0 Å². The van der Waals surface area contributed by atoms with Crippen LogP contribution in [0.1, 0.15) is 0 Å². The number of nitrogens with zero attached hydrogens (tertiary/aromatic N) is 6. The average molecular weight is 1120 g/mol. The van der Waals surface area contributed by atoms with E-state index in [2.05, 4.69) is 370 Å². The molecule has 0 saturated carbocycles. The molecule has 4 aliphatic rings. The van der Waals surface area contributed by atoms with Gasteiger partial charge in [-0.05, 0) is 172 Å². The van der Waals surface area contributed by atoms with Crippen molar-refractivity contribution in [2.24, 2.45) is 0 Å². The van der Waals surface area contributed by atoms with Crippen LogP contribution >= 0.6 is 0 Å². The Morgan fingerprint density at radius 3 is 0.727 bits per heavy atom. The molecule has 4 heterocycles. The first-order valence-electron chi connectivity index (χ1n) is 30.0. The Morgan fingerprint density at radius 2 is 0.443 bits per heavy atom. The Kier molecular flexibility index (Phi) is 12.8. The van der Waals surface area contributed by atoms with E-state index in [1.165, 1.54) is 32.8 Å². The van der Waals surface area contributed by atoms with Gasteiger partial charge in [0.05, 0.1) is 11.4 Å². The number of para-hydroxylation sites is 10. The summed E-state index contributed by atoms with van der Waals surface area (Å²) in [6, 6.07) is 120. The Hall–Kier alpha value is -11.7. The summed E-state index contributed by atoms with van der Waals surface area (Å²) in [5, 5.41) is 0. The molecule has 0 N–H and O–H groups in total. The van der Waals surface area contributed by atoms with Gasteiger partial charge in [0.15, 0.2) is 0 Å². The molecule has 0 aromatic heterocycles. The maximum Gasteiger partial charge on any atom is 0.252 e. The molecule has 13 aromatic rings. The van der Waals surface area contributed by atoms with Gasteiger partial charge in [0.2, 0.25) is 0 Å². The van der Waals surface area contributed by atoms with Gasteiger partial charge in [-0.25, -0.2) is 0 Å². The quantitative estimate of drug-likeness (QED) is 0.0997. The molecule has 6 nitrogen and oxygen atoms in total. The molecule has 0 saturated heterocycles. The summed E-state index contributed by atoms with van der Waals surface area (Å²) >= 11 is 0. The normalized spacial score (nSPS) is 12.7. The van der Waals surface area contributed by atoms with E-state index in [1.54, 1.807) is 0 Å². The number of rotatable bonds is 10. The summed E-state index contributed by atoms with van der Waals surface area (Å²) in [5.41, 5.74) is 27.5. The highest BCUT2D eigenvalue weighted by Gasteiger charge is 2.49. The Morgan fingerprint density at radius 1 is 0.205 bits per heavy atom. The summed E-state index contributed by atoms with van der Waals surface area (Å²) in [5.74, 6) is 0. The number of fused-ring (bicyclic) bond motifs is 8. The lowest BCUT2D eigenvalue weighted by Crippen LogP contribution is -2.65. The molecule has 8 heteroatoms. The monoisotopic (exact) mass is 1120 g/mol. The molecule has 17 rings (SSSR count). The van der Waals surface area contributed by atoms with Gasteiger partial charge in [0.1, 0.15) is 0 Å². The third-order valence-corrected chi connectivity index (χ3v) is 17.7. The largest absolute Gasteiger partial charge is 0.311 e. The van der Waals surface area contributed by atoms with E-state index in [9.17, 15) is 0 Å². The third-order valence-electron chi connectivity index (χ3n) is 17.7. The number of anilines is 18. The molecule has 88 heavy (non-hydrogen) atoms. The van der Waals surface area contributed by atoms with Crippen molar-refractivity contribution in [3.63, 3.8) is 0 Å². The fraction of sp³-hybridized carbons (Fsp3) is 0. The Balaban J connectivity index is 0.00000309. The number of hydrogen-bond donors (Lipinski definition) is 0. The van der Waals surface area contributed by atoms with Crippen LogP contribution in [0.25, 0.3) is 0 Å². The van der Waals surface area contributed by atoms with Gasteiger partial charge in [-0.15, -0.1) is 12.8 Å². The average Bonchev–Trinajstić information content (AvgIpc) is 0.824. The van der Waals surface area contributed by atoms with Crippen LogP contribution in [-0.2, 0) is 0 Å². The zero-order chi connectivity index (χ0) is 58.7. The maximum atomic E-state index is 4.00. The van der Waals surface area contributed by atoms with Gasteiger partial charge in [0.25, 0.3) is 13.4 Å². The second-order valence-corrected chi connectivity index (χ2v) is 22.4. The maximum absolute atomic E-state index is 4.00. The minimum absolute atomic E-state index is 0.147. The van der Waals surface area contributed by atoms with Gasteiger partial charge >= 0.3 is 0 Å². The van der Waals surface area contributed by atoms with Gasteiger partial charge < -0.3 is 29.4 Å². The molecule has 0 radical (unpaired) electrons. The van der Waals surface area contributed by atoms with Crippen molar-refractivity contribution >= 4 is 149 Å². The minimum Gasteiger partial charge on any atom is -0.311 e. The van der Waals surface area contributed by atoms with Crippen molar-refractivity contribution in [3.8, 4) is 12.8 Å². The van der Waals surface area contributed by atoms with E-state index >= 15 is 0 Å². The van der Waals surface area contributed by atoms with E-state index in [4.69, 9.17) is 0 Å². The lowest BCUT2D eigenvalue weighted by Gasteiger charge is -2.47. The van der Waals surface area contributed by atoms with Gasteiger partial charge in [0, 0.05) is 91.0 Å². The second-order valence-electron chi connectivity index (χ2n) is 22.4. The summed E-state index contributed by atoms with van der Waals surface area (Å²) in [4.78, 5) is 15.0. The SMILES string of the molecule is C#C.c1ccc(N(c2ccccc2)c2cc3c4c(c2)N(c2ccccc2)c2cc5c(cc2B4c2ccccc2N3c2ccccc2)B2c3ccccc3N(c3ccccc3)c3cc(N(c4ccccc4)c4ccccc4)cc(c32)N5c2ccccc2)cc1. The van der Waals surface area contributed by atoms with Crippen LogP contribution in [-0.4, -0.2) is 13.4 Å². The topological polar surface area (TPSA) is 19.4 Å². The molecule has 0 aliphatic carbocycles. The summed E-state index contributed by atoms with van der Waals surface area (Å²) < 4.78 is 0. The molecular formula is C80H56B2N6. The van der Waals surface area contributed by atoms with E-state index in [0.717, 1.165) is 102 Å². The molecule has 0 atom stereocenters. The van der Waals surface area contributed by atoms with Crippen molar-refractivity contribution in [2.45, 2.75) is 0 Å². The van der Waals surface area contributed by atoms with Crippen molar-refractivity contribution in [2.75, 3.05) is 29.4 Å². The molecule has 0 amide bonds. The molecule has 0 spiro atoms. The lowest BCUT2D eigenvalue weighted by molar-refractivity contribution is 1.21. The molecule has 4 aliphatic heterocycles. The van der Waals surface area contributed by atoms with Crippen LogP contribution in [0.2, 0.25) is 0 Å². The van der Waals surface area contributed by atoms with Crippen LogP contribution < -0.4 is 62.2 Å². The second kappa shape index (κ2) is 21.8. The van der Waals surface area contributed by atoms with E-state index in [0.29, 0.717) is 0 Å². The van der Waals surface area contributed by atoms with Crippen LogP contribution in [0.4, 0.5) is 102 Å². The van der Waals surface area contributed by atoms with Crippen LogP contribution in [0.15, 0.2) is 328 Å². The zero-order valence-corrected chi connectivity index (χ0v) is 48.2. The molecule has 0 fully saturated rings. The molecule has 13 aromatic carbocycles. The first-order valence-corrected chi connectivity index (χ1v) is 30.0. The first kappa shape index (κ1) is 51.9. The number of benzene rings is 13. The predicted octanol–water partition coefficient (Wildman–Crippen LogP) is 17.0. The highest BCUT2D eigenvalue weighted by molar-refractivity contribution is 7.03. The summed E-state index contributed by atoms with van der Waals surface area (Å²) in [6.45, 7) is -0.295. The van der Waals surface area contributed by atoms with E-state index in [1.807, 2.05) is 0 Å². The fourth-order valence-electron chi connectivity index (χ4n) is 14.2. The van der Waals surface area contributed by atoms with E-state index < -0.39 is 0 Å². The van der Waals surface area contributed by atoms with Crippen molar-refractivity contribution in [1.82, 2.24) is 0 Å². The van der Waals surface area contributed by atoms with Gasteiger partial charge in [-0.1, -0.05) is 188 Å². The zero-order valence-electron chi connectivity index (χ0n) is 48.2. The standard InChI is InChI=1S/C78H54B2N6.C2H2/c1-9-29-55(30-10-1)81(56-31-11-2-12-32-56)63-49-73-77-75(51-63)85(61-41-21-7-22-42-61)71-54-72-68(53-67(71)79(77)65-45-25-27-47-69(65)83(73)59-37-17-5-18-38-59)80-66-46-26-28-48-70(66)84(60-39-19-6-20-40-60)74-50-64(52-76(78(74)80)86(72)62-43-23-8-24-44-62)82(57-33-13-3-14-34-57)58-35-15-4-16-36-58;1-2/h1-54H;1-2H. The molecule has 412 valence electrons. The lowest BCUT2D eigenvalue weighted by atomic mass is 9.30. The highest BCUT2D eigenvalue weighted by atomic mass is 15.2. The fourth-order valence-corrected chi connectivity index (χ4v) is 14.2. The van der Waals surface area contributed by atoms with Crippen molar-refractivity contribution in [3.05, 3.63) is 328 Å².